The number of nitrogens with zero attached hydrogens (tertiary/aromatic N) is 3. The number of hydrogen-bond donors (Lipinski definition) is 1. The highest BCUT2D eigenvalue weighted by Gasteiger charge is 2.35. The van der Waals surface area contributed by atoms with Crippen molar-refractivity contribution in [3.05, 3.63) is 82.1 Å². The van der Waals surface area contributed by atoms with E-state index in [0.29, 0.717) is 66.5 Å². The van der Waals surface area contributed by atoms with Crippen LogP contribution in [0.3, 0.4) is 0 Å². The largest absolute Gasteiger partial charge is 0.504 e. The highest BCUT2D eigenvalue weighted by Crippen LogP contribution is 2.36. The fourth-order valence-electron chi connectivity index (χ4n) is 4.56. The average Bonchev–Trinajstić information content (AvgIpc) is 3.20. The number of thiazole rings is 1. The highest BCUT2D eigenvalue weighted by atomic mass is 127. The van der Waals surface area contributed by atoms with Gasteiger partial charge in [0.05, 0.1) is 33.1 Å². The van der Waals surface area contributed by atoms with Crippen LogP contribution in [-0.2, 0) is 4.79 Å². The summed E-state index contributed by atoms with van der Waals surface area (Å²) in [6.07, 6.45) is 1.76. The number of fused-ring (bicyclic) bond motifs is 1. The van der Waals surface area contributed by atoms with Gasteiger partial charge in [-0.15, -0.1) is 0 Å². The van der Waals surface area contributed by atoms with E-state index in [2.05, 4.69) is 0 Å². The van der Waals surface area contributed by atoms with Gasteiger partial charge in [0, 0.05) is 18.7 Å². The summed E-state index contributed by atoms with van der Waals surface area (Å²) in [5.74, 6) is 0.850. The number of methoxy groups -OCH3 is 1. The monoisotopic (exact) mass is 647 g/mol. The maximum absolute atomic E-state index is 14.0. The molecule has 200 valence electrons. The third-order valence-electron chi connectivity index (χ3n) is 6.38. The zero-order chi connectivity index (χ0) is 27.6. The number of aromatic nitrogens is 1. The Kier molecular flexibility index (Phi) is 8.61. The number of phenolic OH excluding ortho intramolecular Hbond substituents is 1. The number of likely N-dealkylation sites (N-methyl/N-ethyl adjacent to an activating group) is 1. The van der Waals surface area contributed by atoms with Crippen molar-refractivity contribution < 1.29 is 19.4 Å². The Hall–Kier alpha value is -3.12. The van der Waals surface area contributed by atoms with E-state index >= 15 is 0 Å². The molecule has 2 aromatic carbocycles. The van der Waals surface area contributed by atoms with E-state index in [1.165, 1.54) is 11.3 Å². The van der Waals surface area contributed by atoms with Crippen molar-refractivity contribution in [1.29, 1.82) is 0 Å². The van der Waals surface area contributed by atoms with Crippen LogP contribution in [0.1, 0.15) is 44.9 Å². The lowest BCUT2D eigenvalue weighted by molar-refractivity contribution is -0.127. The number of benzene rings is 2. The van der Waals surface area contributed by atoms with Crippen LogP contribution in [0.25, 0.3) is 6.08 Å². The van der Waals surface area contributed by atoms with E-state index in [0.717, 1.165) is 0 Å². The lowest BCUT2D eigenvalue weighted by Crippen LogP contribution is -2.43. The molecule has 0 spiro atoms. The summed E-state index contributed by atoms with van der Waals surface area (Å²) in [5.41, 5.74) is 2.19. The van der Waals surface area contributed by atoms with E-state index in [1.54, 1.807) is 34.8 Å². The SMILES string of the molecule is CCOc1cc(/C=c2/sc3n(c2=O)[C@H](c2ccccc2OC)C(C(=O)N(CC)CC)=C(C)N=3)cc(I)c1O. The molecule has 0 fully saturated rings. The minimum atomic E-state index is -0.698. The lowest BCUT2D eigenvalue weighted by Gasteiger charge is -2.29. The third kappa shape index (κ3) is 5.11. The maximum atomic E-state index is 14.0. The van der Waals surface area contributed by atoms with Crippen molar-refractivity contribution >= 4 is 45.9 Å². The number of carbonyl (C=O) groups is 1. The van der Waals surface area contributed by atoms with Gasteiger partial charge in [-0.2, -0.15) is 0 Å². The first-order valence-corrected chi connectivity index (χ1v) is 14.2. The van der Waals surface area contributed by atoms with Gasteiger partial charge in [0.1, 0.15) is 11.8 Å². The van der Waals surface area contributed by atoms with Gasteiger partial charge in [0.15, 0.2) is 16.3 Å². The molecular formula is C28H30IN3O5S. The number of allylic oxidation sites excluding steroid dienone is 1. The topological polar surface area (TPSA) is 93.4 Å². The minimum absolute atomic E-state index is 0.0671. The van der Waals surface area contributed by atoms with Crippen molar-refractivity contribution in [2.24, 2.45) is 4.99 Å². The van der Waals surface area contributed by atoms with Crippen LogP contribution in [-0.4, -0.2) is 47.3 Å². The molecule has 0 saturated heterocycles. The summed E-state index contributed by atoms with van der Waals surface area (Å²) in [6, 6.07) is 10.2. The molecule has 1 atom stereocenters. The molecule has 1 aliphatic rings. The van der Waals surface area contributed by atoms with E-state index in [1.807, 2.05) is 74.6 Å². The van der Waals surface area contributed by atoms with Crippen molar-refractivity contribution in [1.82, 2.24) is 9.47 Å². The first-order chi connectivity index (χ1) is 18.2. The van der Waals surface area contributed by atoms with Crippen LogP contribution < -0.4 is 24.4 Å². The Balaban J connectivity index is 1.98. The average molecular weight is 648 g/mol. The quantitative estimate of drug-likeness (QED) is 0.376. The standard InChI is InChI=1S/C28H30IN3O5S/c1-6-31(7-2)27(35)23-16(4)30-28-32(24(23)18-11-9-10-12-20(18)36-5)26(34)22(38-28)15-17-13-19(29)25(33)21(14-17)37-8-3/h9-15,24,33H,6-8H2,1-5H3/b22-15+/t24-/m1/s1. The molecule has 0 bridgehead atoms. The highest BCUT2D eigenvalue weighted by molar-refractivity contribution is 14.1. The molecule has 2 heterocycles. The Bertz CT molecular complexity index is 1590. The molecule has 1 aromatic heterocycles. The Morgan fingerprint density at radius 2 is 1.92 bits per heavy atom. The van der Waals surface area contributed by atoms with Gasteiger partial charge >= 0.3 is 0 Å². The second kappa shape index (κ2) is 11.7. The molecule has 0 radical (unpaired) electrons. The Labute approximate surface area is 238 Å². The Morgan fingerprint density at radius 1 is 1.21 bits per heavy atom. The zero-order valence-electron chi connectivity index (χ0n) is 21.9. The number of amides is 1. The van der Waals surface area contributed by atoms with E-state index in [-0.39, 0.29) is 17.2 Å². The number of phenols is 1. The van der Waals surface area contributed by atoms with Crippen molar-refractivity contribution in [3.63, 3.8) is 0 Å². The van der Waals surface area contributed by atoms with Crippen LogP contribution in [0.5, 0.6) is 17.2 Å². The van der Waals surface area contributed by atoms with Crippen LogP contribution in [0.15, 0.2) is 57.5 Å². The number of ether oxygens (including phenoxy) is 2. The number of hydrogen-bond acceptors (Lipinski definition) is 7. The lowest BCUT2D eigenvalue weighted by atomic mass is 9.94. The summed E-state index contributed by atoms with van der Waals surface area (Å²) in [4.78, 5) is 34.7. The molecular weight excluding hydrogens is 617 g/mol. The maximum Gasteiger partial charge on any atom is 0.271 e. The summed E-state index contributed by atoms with van der Waals surface area (Å²) >= 11 is 3.29. The van der Waals surface area contributed by atoms with E-state index in [4.69, 9.17) is 14.5 Å². The van der Waals surface area contributed by atoms with Gasteiger partial charge in [-0.3, -0.25) is 14.2 Å². The molecule has 4 rings (SSSR count). The van der Waals surface area contributed by atoms with Crippen LogP contribution in [0.4, 0.5) is 0 Å². The summed E-state index contributed by atoms with van der Waals surface area (Å²) < 4.78 is 13.9. The number of para-hydroxylation sites is 1. The smallest absolute Gasteiger partial charge is 0.271 e. The third-order valence-corrected chi connectivity index (χ3v) is 8.19. The first-order valence-electron chi connectivity index (χ1n) is 12.4. The van der Waals surface area contributed by atoms with Gasteiger partial charge in [-0.25, -0.2) is 4.99 Å². The molecule has 1 aliphatic heterocycles. The molecule has 8 nitrogen and oxygen atoms in total. The molecule has 1 amide bonds. The normalized spacial score (nSPS) is 15.2. The minimum Gasteiger partial charge on any atom is -0.504 e. The summed E-state index contributed by atoms with van der Waals surface area (Å²) in [6.45, 7) is 8.99. The van der Waals surface area contributed by atoms with Crippen LogP contribution in [0, 0.1) is 3.57 Å². The van der Waals surface area contributed by atoms with Crippen LogP contribution >= 0.6 is 33.9 Å². The van der Waals surface area contributed by atoms with Gasteiger partial charge in [-0.1, -0.05) is 29.5 Å². The van der Waals surface area contributed by atoms with Crippen molar-refractivity contribution in [3.8, 4) is 17.2 Å². The number of halogens is 1. The zero-order valence-corrected chi connectivity index (χ0v) is 24.9. The summed E-state index contributed by atoms with van der Waals surface area (Å²) in [7, 11) is 1.58. The number of carbonyl (C=O) groups excluding carboxylic acids is 1. The molecule has 38 heavy (non-hydrogen) atoms. The van der Waals surface area contributed by atoms with Gasteiger partial charge in [0.2, 0.25) is 0 Å². The molecule has 10 heteroatoms. The van der Waals surface area contributed by atoms with Gasteiger partial charge in [0.25, 0.3) is 11.5 Å². The summed E-state index contributed by atoms with van der Waals surface area (Å²) in [5, 5.41) is 10.3. The fraction of sp³-hybridized carbons (Fsp3) is 0.321. The van der Waals surface area contributed by atoms with Crippen molar-refractivity contribution in [2.75, 3.05) is 26.8 Å². The number of aromatic hydroxyl groups is 1. The molecule has 0 unspecified atom stereocenters. The predicted molar refractivity (Wildman–Crippen MR) is 157 cm³/mol. The van der Waals surface area contributed by atoms with Gasteiger partial charge in [-0.05, 0) is 80.1 Å². The number of rotatable bonds is 8. The molecule has 0 saturated carbocycles. The molecule has 0 aliphatic carbocycles. The Morgan fingerprint density at radius 3 is 2.58 bits per heavy atom. The molecule has 1 N–H and O–H groups in total. The first kappa shape index (κ1) is 27.9. The van der Waals surface area contributed by atoms with E-state index in [9.17, 15) is 14.7 Å². The second-order valence-corrected chi connectivity index (χ2v) is 10.8. The second-order valence-electron chi connectivity index (χ2n) is 8.58. The molecule has 3 aromatic rings. The van der Waals surface area contributed by atoms with Gasteiger partial charge < -0.3 is 19.5 Å². The van der Waals surface area contributed by atoms with E-state index < -0.39 is 6.04 Å². The van der Waals surface area contributed by atoms with Crippen LogP contribution in [0.2, 0.25) is 0 Å². The predicted octanol–water partition coefficient (Wildman–Crippen LogP) is 3.82. The fourth-order valence-corrected chi connectivity index (χ4v) is 6.23. The van der Waals surface area contributed by atoms with Crippen molar-refractivity contribution in [2.45, 2.75) is 33.7 Å².